The summed E-state index contributed by atoms with van der Waals surface area (Å²) in [6.45, 7) is 9.10. The Hall–Kier alpha value is -1.13. The van der Waals surface area contributed by atoms with Gasteiger partial charge in [-0.1, -0.05) is 6.08 Å². The van der Waals surface area contributed by atoms with Crippen LogP contribution in [0.3, 0.4) is 0 Å². The third-order valence-corrected chi connectivity index (χ3v) is 3.12. The Morgan fingerprint density at radius 3 is 3.38 bits per heavy atom. The highest BCUT2D eigenvalue weighted by Gasteiger charge is 2.17. The van der Waals surface area contributed by atoms with Crippen LogP contribution in [0.1, 0.15) is 11.3 Å². The summed E-state index contributed by atoms with van der Waals surface area (Å²) in [6, 6.07) is 0. The van der Waals surface area contributed by atoms with E-state index in [4.69, 9.17) is 0 Å². The van der Waals surface area contributed by atoms with Crippen molar-refractivity contribution in [1.82, 2.24) is 20.0 Å². The van der Waals surface area contributed by atoms with Gasteiger partial charge in [-0.25, -0.2) is 0 Å². The lowest BCUT2D eigenvalue weighted by molar-refractivity contribution is 0.218. The summed E-state index contributed by atoms with van der Waals surface area (Å²) in [6.07, 6.45) is 5.00. The maximum Gasteiger partial charge on any atom is 0.0535 e. The van der Waals surface area contributed by atoms with Crippen molar-refractivity contribution in [2.24, 2.45) is 0 Å². The third-order valence-electron chi connectivity index (χ3n) is 3.12. The summed E-state index contributed by atoms with van der Waals surface area (Å²) in [5.74, 6) is 0. The van der Waals surface area contributed by atoms with E-state index in [0.717, 1.165) is 39.1 Å². The van der Waals surface area contributed by atoms with E-state index in [9.17, 15) is 0 Å². The van der Waals surface area contributed by atoms with Gasteiger partial charge in [0.15, 0.2) is 0 Å². The predicted octanol–water partition coefficient (Wildman–Crippen LogP) is 0.886. The lowest BCUT2D eigenvalue weighted by Crippen LogP contribution is -2.36. The molecule has 1 aliphatic rings. The van der Waals surface area contributed by atoms with E-state index in [1.807, 2.05) is 12.3 Å². The molecule has 0 saturated heterocycles. The van der Waals surface area contributed by atoms with Crippen molar-refractivity contribution in [2.75, 3.05) is 33.2 Å². The Bertz CT molecular complexity index is 345. The second-order valence-electron chi connectivity index (χ2n) is 4.45. The van der Waals surface area contributed by atoms with Gasteiger partial charge in [0.1, 0.15) is 0 Å². The summed E-state index contributed by atoms with van der Waals surface area (Å²) in [7, 11) is 2.13. The molecule has 0 fully saturated rings. The molecule has 4 heteroatoms. The van der Waals surface area contributed by atoms with Gasteiger partial charge in [0.25, 0.3) is 0 Å². The van der Waals surface area contributed by atoms with E-state index < -0.39 is 0 Å². The van der Waals surface area contributed by atoms with E-state index in [1.165, 1.54) is 11.3 Å². The number of hydrogen-bond donors (Lipinski definition) is 1. The van der Waals surface area contributed by atoms with E-state index in [2.05, 4.69) is 33.6 Å². The maximum atomic E-state index is 4.09. The van der Waals surface area contributed by atoms with Gasteiger partial charge in [-0.3, -0.25) is 10.00 Å². The van der Waals surface area contributed by atoms with Gasteiger partial charge in [0, 0.05) is 50.4 Å². The molecule has 2 heterocycles. The van der Waals surface area contributed by atoms with Gasteiger partial charge in [-0.15, -0.1) is 6.58 Å². The Labute approximate surface area is 96.9 Å². The van der Waals surface area contributed by atoms with Crippen LogP contribution in [0.2, 0.25) is 0 Å². The Kier molecular flexibility index (Phi) is 3.74. The zero-order valence-electron chi connectivity index (χ0n) is 9.95. The first-order valence-corrected chi connectivity index (χ1v) is 5.82. The molecule has 0 bridgehead atoms. The average molecular weight is 220 g/mol. The fourth-order valence-electron chi connectivity index (χ4n) is 2.10. The van der Waals surface area contributed by atoms with Crippen molar-refractivity contribution in [2.45, 2.75) is 13.0 Å². The zero-order valence-corrected chi connectivity index (χ0v) is 9.95. The van der Waals surface area contributed by atoms with Gasteiger partial charge in [0.05, 0.1) is 6.20 Å². The summed E-state index contributed by atoms with van der Waals surface area (Å²) >= 11 is 0. The largest absolute Gasteiger partial charge is 0.301 e. The lowest BCUT2D eigenvalue weighted by atomic mass is 10.1. The van der Waals surface area contributed by atoms with Crippen molar-refractivity contribution >= 4 is 0 Å². The molecule has 0 radical (unpaired) electrons. The SMILES string of the molecule is C=CCN(C)CCN1CCc2[nH]ncc2C1. The van der Waals surface area contributed by atoms with Crippen LogP contribution in [0.15, 0.2) is 18.9 Å². The fraction of sp³-hybridized carbons (Fsp3) is 0.583. The minimum Gasteiger partial charge on any atom is -0.301 e. The predicted molar refractivity (Wildman–Crippen MR) is 65.3 cm³/mol. The molecule has 1 aromatic rings. The topological polar surface area (TPSA) is 35.2 Å². The van der Waals surface area contributed by atoms with Gasteiger partial charge >= 0.3 is 0 Å². The molecule has 0 amide bonds. The fourth-order valence-corrected chi connectivity index (χ4v) is 2.10. The highest BCUT2D eigenvalue weighted by molar-refractivity contribution is 5.18. The molecule has 1 aromatic heterocycles. The Morgan fingerprint density at radius 2 is 2.56 bits per heavy atom. The van der Waals surface area contributed by atoms with Crippen LogP contribution in [0.4, 0.5) is 0 Å². The summed E-state index contributed by atoms with van der Waals surface area (Å²) < 4.78 is 0. The number of hydrogen-bond acceptors (Lipinski definition) is 3. The molecule has 88 valence electrons. The second-order valence-corrected chi connectivity index (χ2v) is 4.45. The third kappa shape index (κ3) is 2.71. The standard InChI is InChI=1S/C12H20N4/c1-3-5-15(2)7-8-16-6-4-12-11(10-16)9-13-14-12/h3,9H,1,4-8,10H2,2H3,(H,13,14). The van der Waals surface area contributed by atoms with Gasteiger partial charge < -0.3 is 4.90 Å². The molecule has 0 saturated carbocycles. The first kappa shape index (κ1) is 11.4. The molecule has 16 heavy (non-hydrogen) atoms. The number of rotatable bonds is 5. The van der Waals surface area contributed by atoms with Crippen LogP contribution in [-0.2, 0) is 13.0 Å². The maximum absolute atomic E-state index is 4.09. The smallest absolute Gasteiger partial charge is 0.0535 e. The van der Waals surface area contributed by atoms with Crippen molar-refractivity contribution in [3.8, 4) is 0 Å². The number of nitrogens with zero attached hydrogens (tertiary/aromatic N) is 3. The highest BCUT2D eigenvalue weighted by Crippen LogP contribution is 2.15. The van der Waals surface area contributed by atoms with Crippen molar-refractivity contribution < 1.29 is 0 Å². The Balaban J connectivity index is 1.79. The van der Waals surface area contributed by atoms with Crippen molar-refractivity contribution in [3.63, 3.8) is 0 Å². The quantitative estimate of drug-likeness (QED) is 0.748. The monoisotopic (exact) mass is 220 g/mol. The number of nitrogens with one attached hydrogen (secondary N) is 1. The molecule has 0 aliphatic carbocycles. The number of likely N-dealkylation sites (N-methyl/N-ethyl adjacent to an activating group) is 1. The molecular formula is C12H20N4. The number of aromatic amines is 1. The first-order valence-electron chi connectivity index (χ1n) is 5.82. The molecular weight excluding hydrogens is 200 g/mol. The lowest BCUT2D eigenvalue weighted by Gasteiger charge is -2.28. The number of H-pyrrole nitrogens is 1. The summed E-state index contributed by atoms with van der Waals surface area (Å²) in [4.78, 5) is 4.77. The van der Waals surface area contributed by atoms with Crippen LogP contribution >= 0.6 is 0 Å². The summed E-state index contributed by atoms with van der Waals surface area (Å²) in [5.41, 5.74) is 2.67. The number of fused-ring (bicyclic) bond motifs is 1. The van der Waals surface area contributed by atoms with E-state index in [1.54, 1.807) is 0 Å². The molecule has 1 N–H and O–H groups in total. The van der Waals surface area contributed by atoms with E-state index in [-0.39, 0.29) is 0 Å². The number of aromatic nitrogens is 2. The average Bonchev–Trinajstić information content (AvgIpc) is 2.74. The molecule has 0 aromatic carbocycles. The first-order chi connectivity index (χ1) is 7.79. The molecule has 0 unspecified atom stereocenters. The van der Waals surface area contributed by atoms with Gasteiger partial charge in [-0.05, 0) is 7.05 Å². The molecule has 0 atom stereocenters. The van der Waals surface area contributed by atoms with Crippen LogP contribution in [0.5, 0.6) is 0 Å². The van der Waals surface area contributed by atoms with Crippen molar-refractivity contribution in [3.05, 3.63) is 30.1 Å². The van der Waals surface area contributed by atoms with Gasteiger partial charge in [0.2, 0.25) is 0 Å². The van der Waals surface area contributed by atoms with Crippen LogP contribution in [-0.4, -0.2) is 53.2 Å². The highest BCUT2D eigenvalue weighted by atomic mass is 15.2. The van der Waals surface area contributed by atoms with E-state index in [0.29, 0.717) is 0 Å². The molecule has 0 spiro atoms. The Morgan fingerprint density at radius 1 is 1.69 bits per heavy atom. The van der Waals surface area contributed by atoms with Crippen LogP contribution in [0, 0.1) is 0 Å². The van der Waals surface area contributed by atoms with Crippen LogP contribution < -0.4 is 0 Å². The zero-order chi connectivity index (χ0) is 11.4. The molecule has 4 nitrogen and oxygen atoms in total. The second kappa shape index (κ2) is 5.27. The molecule has 1 aliphatic heterocycles. The minimum absolute atomic E-state index is 0.963. The normalized spacial score (nSPS) is 16.4. The van der Waals surface area contributed by atoms with E-state index >= 15 is 0 Å². The minimum atomic E-state index is 0.963. The van der Waals surface area contributed by atoms with Gasteiger partial charge in [-0.2, -0.15) is 5.10 Å². The summed E-state index contributed by atoms with van der Waals surface area (Å²) in [5, 5.41) is 7.15. The van der Waals surface area contributed by atoms with Crippen molar-refractivity contribution in [1.29, 1.82) is 0 Å². The van der Waals surface area contributed by atoms with Crippen LogP contribution in [0.25, 0.3) is 0 Å². The molecule has 2 rings (SSSR count).